The molecule has 0 aromatic carbocycles. The Kier molecular flexibility index (Phi) is 1.38. The van der Waals surface area contributed by atoms with Crippen LogP contribution >= 0.6 is 0 Å². The normalized spacial score (nSPS) is 18.7. The molecule has 3 nitrogen and oxygen atoms in total. The molecule has 0 aromatic rings. The van der Waals surface area contributed by atoms with Crippen LogP contribution in [0.3, 0.4) is 0 Å². The van der Waals surface area contributed by atoms with Gasteiger partial charge in [-0.15, -0.1) is 13.2 Å². The number of halogens is 3. The molecule has 0 aliphatic carbocycles. The standard InChI is InChI=1S/C4F3N2O/c5-4(6,7)9-2-3(10)1-8-9. The van der Waals surface area contributed by atoms with Crippen LogP contribution in [0.2, 0.25) is 0 Å². The molecule has 0 fully saturated rings. The van der Waals surface area contributed by atoms with E-state index in [1.165, 1.54) is 6.54 Å². The van der Waals surface area contributed by atoms with E-state index >= 15 is 0 Å². The number of nitrogens with zero attached hydrogens (tertiary/aromatic N) is 2. The van der Waals surface area contributed by atoms with Gasteiger partial charge in [-0.3, -0.25) is 4.79 Å². The van der Waals surface area contributed by atoms with E-state index in [4.69, 9.17) is 0 Å². The van der Waals surface area contributed by atoms with Crippen molar-refractivity contribution >= 4 is 12.0 Å². The van der Waals surface area contributed by atoms with Gasteiger partial charge in [-0.1, -0.05) is 0 Å². The Morgan fingerprint density at radius 3 is 2.30 bits per heavy atom. The highest BCUT2D eigenvalue weighted by atomic mass is 19.4. The Hall–Kier alpha value is -1.07. The first-order valence-electron chi connectivity index (χ1n) is 2.14. The Labute approximate surface area is 54.1 Å². The summed E-state index contributed by atoms with van der Waals surface area (Å²) in [6.45, 7) is 1.39. The first kappa shape index (κ1) is 7.04. The molecule has 0 N–H and O–H groups in total. The molecule has 1 aliphatic heterocycles. The number of rotatable bonds is 0. The lowest BCUT2D eigenvalue weighted by molar-refractivity contribution is -0.232. The van der Waals surface area contributed by atoms with Crippen molar-refractivity contribution < 1.29 is 18.0 Å². The Balaban J connectivity index is 2.63. The number of hydrogen-bond donors (Lipinski definition) is 0. The maximum absolute atomic E-state index is 11.5. The summed E-state index contributed by atoms with van der Waals surface area (Å²) in [5.74, 6) is -1.00. The zero-order chi connectivity index (χ0) is 7.78. The third kappa shape index (κ3) is 1.26. The highest BCUT2D eigenvalue weighted by molar-refractivity contribution is 6.32. The molecular formula is C4F3N2O. The number of carbonyl (C=O) groups excluding carboxylic acids is 1. The van der Waals surface area contributed by atoms with E-state index in [1.54, 1.807) is 6.21 Å². The fourth-order valence-electron chi connectivity index (χ4n) is 0.362. The average molecular weight is 149 g/mol. The van der Waals surface area contributed by atoms with Gasteiger partial charge in [0.1, 0.15) is 0 Å². The van der Waals surface area contributed by atoms with Crippen molar-refractivity contribution in [3.8, 4) is 0 Å². The minimum atomic E-state index is -4.67. The molecule has 1 heterocycles. The fraction of sp³-hybridized carbons (Fsp3) is 0.250. The summed E-state index contributed by atoms with van der Waals surface area (Å²) in [5, 5.41) is 2.07. The van der Waals surface area contributed by atoms with Crippen LogP contribution in [-0.4, -0.2) is 23.3 Å². The molecule has 1 aliphatic rings. The van der Waals surface area contributed by atoms with Crippen molar-refractivity contribution in [3.63, 3.8) is 0 Å². The summed E-state index contributed by atoms with van der Waals surface area (Å²) in [6.07, 6.45) is -3.11. The SMILES string of the molecule is O=C1[C]N(C(F)(F)F)N=[C]1. The molecule has 0 spiro atoms. The van der Waals surface area contributed by atoms with Gasteiger partial charge in [0.05, 0.1) is 0 Å². The zero-order valence-corrected chi connectivity index (χ0v) is 4.44. The van der Waals surface area contributed by atoms with Crippen LogP contribution in [0, 0.1) is 6.54 Å². The lowest BCUT2D eigenvalue weighted by atomic mass is 10.4. The third-order valence-corrected chi connectivity index (χ3v) is 0.699. The zero-order valence-electron chi connectivity index (χ0n) is 4.44. The molecular weight excluding hydrogens is 149 g/mol. The number of Topliss-reactive ketones (excluding diaryl/α,β-unsaturated/α-hetero) is 1. The highest BCUT2D eigenvalue weighted by Gasteiger charge is 2.41. The Morgan fingerprint density at radius 2 is 2.10 bits per heavy atom. The van der Waals surface area contributed by atoms with Gasteiger partial charge in [0, 0.05) is 0 Å². The maximum Gasteiger partial charge on any atom is 0.501 e. The molecule has 10 heavy (non-hydrogen) atoms. The van der Waals surface area contributed by atoms with Crippen LogP contribution in [0.4, 0.5) is 13.2 Å². The van der Waals surface area contributed by atoms with Gasteiger partial charge >= 0.3 is 6.30 Å². The first-order chi connectivity index (χ1) is 4.50. The van der Waals surface area contributed by atoms with Gasteiger partial charge in [0.2, 0.25) is 12.3 Å². The van der Waals surface area contributed by atoms with Crippen LogP contribution in [-0.2, 0) is 4.79 Å². The van der Waals surface area contributed by atoms with Crippen LogP contribution in [0.25, 0.3) is 0 Å². The molecule has 0 aromatic heterocycles. The van der Waals surface area contributed by atoms with Crippen LogP contribution in [0.1, 0.15) is 0 Å². The number of hydrogen-bond acceptors (Lipinski definition) is 3. The van der Waals surface area contributed by atoms with Crippen LogP contribution in [0.5, 0.6) is 0 Å². The van der Waals surface area contributed by atoms with E-state index in [0.29, 0.717) is 0 Å². The van der Waals surface area contributed by atoms with Crippen molar-refractivity contribution in [1.82, 2.24) is 5.01 Å². The maximum atomic E-state index is 11.5. The van der Waals surface area contributed by atoms with Crippen molar-refractivity contribution in [2.24, 2.45) is 5.10 Å². The second-order valence-corrected chi connectivity index (χ2v) is 1.43. The summed E-state index contributed by atoms with van der Waals surface area (Å²) in [4.78, 5) is 10.0. The van der Waals surface area contributed by atoms with E-state index < -0.39 is 17.1 Å². The Bertz CT molecular complexity index is 185. The highest BCUT2D eigenvalue weighted by Crippen LogP contribution is 2.24. The number of ketones is 1. The molecule has 1 rings (SSSR count). The van der Waals surface area contributed by atoms with Gasteiger partial charge in [-0.25, -0.2) is 0 Å². The summed E-state index contributed by atoms with van der Waals surface area (Å²) >= 11 is 0. The quantitative estimate of drug-likeness (QED) is 0.464. The molecule has 0 unspecified atom stereocenters. The van der Waals surface area contributed by atoms with Crippen molar-refractivity contribution in [2.45, 2.75) is 6.30 Å². The van der Waals surface area contributed by atoms with Gasteiger partial charge in [0.15, 0.2) is 6.21 Å². The largest absolute Gasteiger partial charge is 0.501 e. The second kappa shape index (κ2) is 1.96. The molecule has 6 heteroatoms. The first-order valence-corrected chi connectivity index (χ1v) is 2.14. The number of hydrazone groups is 1. The predicted molar refractivity (Wildman–Crippen MR) is 23.6 cm³/mol. The van der Waals surface area contributed by atoms with Crippen LogP contribution in [0.15, 0.2) is 5.10 Å². The predicted octanol–water partition coefficient (Wildman–Crippen LogP) is 0.292. The lowest BCUT2D eigenvalue weighted by Crippen LogP contribution is -2.29. The molecule has 0 amide bonds. The number of alkyl halides is 3. The summed E-state index contributed by atoms with van der Waals surface area (Å²) in [7, 11) is 0. The molecule has 3 radical (unpaired) electrons. The smallest absolute Gasteiger partial charge is 0.289 e. The molecule has 0 atom stereocenters. The van der Waals surface area contributed by atoms with Crippen molar-refractivity contribution in [1.29, 1.82) is 0 Å². The summed E-state index contributed by atoms with van der Waals surface area (Å²) in [5.41, 5.74) is 0. The summed E-state index contributed by atoms with van der Waals surface area (Å²) < 4.78 is 34.5. The van der Waals surface area contributed by atoms with Crippen molar-refractivity contribution in [3.05, 3.63) is 6.54 Å². The monoisotopic (exact) mass is 149 g/mol. The third-order valence-electron chi connectivity index (χ3n) is 0.699. The number of carbonyl (C=O) groups is 1. The molecule has 53 valence electrons. The minimum absolute atomic E-state index is 0.519. The summed E-state index contributed by atoms with van der Waals surface area (Å²) in [6, 6.07) is 0. The minimum Gasteiger partial charge on any atom is -0.289 e. The fourth-order valence-corrected chi connectivity index (χ4v) is 0.362. The topological polar surface area (TPSA) is 32.7 Å². The Morgan fingerprint density at radius 1 is 1.50 bits per heavy atom. The molecule has 0 saturated carbocycles. The lowest BCUT2D eigenvalue weighted by Gasteiger charge is -2.13. The van der Waals surface area contributed by atoms with Gasteiger partial charge in [0.25, 0.3) is 0 Å². The average Bonchev–Trinajstić information content (AvgIpc) is 2.11. The van der Waals surface area contributed by atoms with Gasteiger partial charge < -0.3 is 0 Å². The second-order valence-electron chi connectivity index (χ2n) is 1.43. The van der Waals surface area contributed by atoms with E-state index in [-0.39, 0.29) is 0 Å². The molecule has 0 bridgehead atoms. The van der Waals surface area contributed by atoms with Crippen LogP contribution < -0.4 is 0 Å². The van der Waals surface area contributed by atoms with E-state index in [1.807, 2.05) is 0 Å². The van der Waals surface area contributed by atoms with E-state index in [9.17, 15) is 18.0 Å². The van der Waals surface area contributed by atoms with E-state index in [2.05, 4.69) is 5.10 Å². The van der Waals surface area contributed by atoms with Crippen molar-refractivity contribution in [2.75, 3.05) is 0 Å². The van der Waals surface area contributed by atoms with Gasteiger partial charge in [-0.2, -0.15) is 10.1 Å². The van der Waals surface area contributed by atoms with Gasteiger partial charge in [-0.05, 0) is 0 Å². The van der Waals surface area contributed by atoms with E-state index in [0.717, 1.165) is 0 Å². The molecule has 0 saturated heterocycles.